The molecule has 0 fully saturated rings. The van der Waals surface area contributed by atoms with Crippen LogP contribution < -0.4 is 14.8 Å². The summed E-state index contributed by atoms with van der Waals surface area (Å²) in [7, 11) is 3.27. The lowest BCUT2D eigenvalue weighted by atomic mass is 10.1. The van der Waals surface area contributed by atoms with Crippen molar-refractivity contribution < 1.29 is 14.3 Å². The molecule has 5 heteroatoms. The summed E-state index contributed by atoms with van der Waals surface area (Å²) in [5, 5.41) is 4.05. The van der Waals surface area contributed by atoms with E-state index < -0.39 is 0 Å². The van der Waals surface area contributed by atoms with E-state index in [2.05, 4.69) is 10.3 Å². The maximum absolute atomic E-state index is 12.0. The van der Waals surface area contributed by atoms with Crippen LogP contribution in [0.4, 0.5) is 0 Å². The number of carbonyl (C=O) groups excluding carboxylic acids is 1. The summed E-state index contributed by atoms with van der Waals surface area (Å²) in [6.07, 6.45) is 6.01. The van der Waals surface area contributed by atoms with Crippen molar-refractivity contribution in [2.24, 2.45) is 0 Å². The zero-order valence-electron chi connectivity index (χ0n) is 14.9. The number of para-hydroxylation sites is 1. The van der Waals surface area contributed by atoms with E-state index in [1.165, 1.54) is 6.08 Å². The molecule has 5 nitrogen and oxygen atoms in total. The molecule has 0 aliphatic heterocycles. The number of H-pyrrole nitrogens is 1. The second kappa shape index (κ2) is 8.25. The van der Waals surface area contributed by atoms with Crippen molar-refractivity contribution in [1.82, 2.24) is 10.3 Å². The number of benzene rings is 2. The van der Waals surface area contributed by atoms with E-state index in [0.29, 0.717) is 6.54 Å². The molecular formula is C21H22N2O3. The Hall–Kier alpha value is -3.21. The van der Waals surface area contributed by atoms with Crippen molar-refractivity contribution in [3.8, 4) is 11.5 Å². The number of hydrogen-bond acceptors (Lipinski definition) is 3. The molecule has 2 aromatic carbocycles. The van der Waals surface area contributed by atoms with Gasteiger partial charge >= 0.3 is 0 Å². The van der Waals surface area contributed by atoms with Crippen molar-refractivity contribution in [2.45, 2.75) is 6.42 Å². The minimum absolute atomic E-state index is 0.127. The third-order valence-electron chi connectivity index (χ3n) is 4.22. The second-order valence-corrected chi connectivity index (χ2v) is 5.84. The van der Waals surface area contributed by atoms with Crippen molar-refractivity contribution in [3.63, 3.8) is 0 Å². The molecule has 3 aromatic rings. The van der Waals surface area contributed by atoms with Crippen LogP contribution in [-0.2, 0) is 11.2 Å². The predicted molar refractivity (Wildman–Crippen MR) is 104 cm³/mol. The summed E-state index contributed by atoms with van der Waals surface area (Å²) in [6.45, 7) is 0.564. The van der Waals surface area contributed by atoms with Gasteiger partial charge < -0.3 is 19.8 Å². The topological polar surface area (TPSA) is 63.4 Å². The Morgan fingerprint density at radius 3 is 2.81 bits per heavy atom. The quantitative estimate of drug-likeness (QED) is 0.641. The summed E-state index contributed by atoms with van der Waals surface area (Å²) in [5.74, 6) is 1.43. The lowest BCUT2D eigenvalue weighted by Gasteiger charge is -2.04. The molecule has 1 aromatic heterocycles. The number of nitrogens with one attached hydrogen (secondary N) is 2. The van der Waals surface area contributed by atoms with E-state index in [1.807, 2.05) is 48.7 Å². The van der Waals surface area contributed by atoms with Crippen LogP contribution in [0.3, 0.4) is 0 Å². The Morgan fingerprint density at radius 1 is 1.15 bits per heavy atom. The lowest BCUT2D eigenvalue weighted by Crippen LogP contribution is -2.23. The molecule has 0 atom stereocenters. The Balaban J connectivity index is 1.56. The third-order valence-corrected chi connectivity index (χ3v) is 4.22. The largest absolute Gasteiger partial charge is 0.497 e. The molecule has 0 saturated heterocycles. The van der Waals surface area contributed by atoms with Gasteiger partial charge in [0.15, 0.2) is 0 Å². The fraction of sp³-hybridized carbons (Fsp3) is 0.190. The van der Waals surface area contributed by atoms with Crippen LogP contribution in [0.15, 0.2) is 54.7 Å². The third kappa shape index (κ3) is 4.06. The van der Waals surface area contributed by atoms with E-state index in [9.17, 15) is 4.79 Å². The summed E-state index contributed by atoms with van der Waals surface area (Å²) in [5.41, 5.74) is 3.06. The Morgan fingerprint density at radius 2 is 2.00 bits per heavy atom. The zero-order chi connectivity index (χ0) is 18.4. The van der Waals surface area contributed by atoms with Crippen molar-refractivity contribution in [2.75, 3.05) is 20.8 Å². The van der Waals surface area contributed by atoms with Crippen molar-refractivity contribution >= 4 is 22.9 Å². The molecule has 26 heavy (non-hydrogen) atoms. The van der Waals surface area contributed by atoms with E-state index in [4.69, 9.17) is 9.47 Å². The van der Waals surface area contributed by atoms with E-state index in [-0.39, 0.29) is 5.91 Å². The van der Waals surface area contributed by atoms with Gasteiger partial charge in [-0.15, -0.1) is 0 Å². The van der Waals surface area contributed by atoms with Crippen molar-refractivity contribution in [3.05, 3.63) is 65.9 Å². The molecule has 1 amide bonds. The summed E-state index contributed by atoms with van der Waals surface area (Å²) in [6, 6.07) is 13.5. The number of aromatic nitrogens is 1. The highest BCUT2D eigenvalue weighted by Crippen LogP contribution is 2.23. The molecule has 0 unspecified atom stereocenters. The van der Waals surface area contributed by atoms with Crippen LogP contribution >= 0.6 is 0 Å². The highest BCUT2D eigenvalue weighted by atomic mass is 16.5. The number of amides is 1. The number of methoxy groups -OCH3 is 2. The monoisotopic (exact) mass is 350 g/mol. The van der Waals surface area contributed by atoms with Crippen LogP contribution in [-0.4, -0.2) is 31.7 Å². The Kier molecular flexibility index (Phi) is 5.59. The maximum Gasteiger partial charge on any atom is 0.244 e. The smallest absolute Gasteiger partial charge is 0.244 e. The fourth-order valence-corrected chi connectivity index (χ4v) is 2.85. The number of aromatic amines is 1. The molecule has 3 rings (SSSR count). The summed E-state index contributed by atoms with van der Waals surface area (Å²) in [4.78, 5) is 15.3. The maximum atomic E-state index is 12.0. The Labute approximate surface area is 152 Å². The molecule has 134 valence electrons. The summed E-state index contributed by atoms with van der Waals surface area (Å²) >= 11 is 0. The van der Waals surface area contributed by atoms with Gasteiger partial charge in [-0.3, -0.25) is 4.79 Å². The number of hydrogen-bond donors (Lipinski definition) is 2. The van der Waals surface area contributed by atoms with Gasteiger partial charge in [0.05, 0.1) is 14.2 Å². The zero-order valence-corrected chi connectivity index (χ0v) is 14.9. The molecule has 2 N–H and O–H groups in total. The molecule has 0 aliphatic carbocycles. The molecule has 0 aliphatic rings. The van der Waals surface area contributed by atoms with Gasteiger partial charge in [0.25, 0.3) is 0 Å². The highest BCUT2D eigenvalue weighted by molar-refractivity contribution is 5.92. The van der Waals surface area contributed by atoms with Crippen LogP contribution in [0.2, 0.25) is 0 Å². The minimum Gasteiger partial charge on any atom is -0.497 e. The Bertz CT molecular complexity index is 928. The second-order valence-electron chi connectivity index (χ2n) is 5.84. The predicted octanol–water partition coefficient (Wildman–Crippen LogP) is 3.56. The molecular weight excluding hydrogens is 328 g/mol. The number of rotatable bonds is 7. The number of carbonyl (C=O) groups is 1. The normalized spacial score (nSPS) is 11.0. The SMILES string of the molecule is COc1ccc2c(CCNC(=O)C=Cc3ccccc3OC)c[nH]c2c1. The van der Waals surface area contributed by atoms with Crippen LogP contribution in [0, 0.1) is 0 Å². The van der Waals surface area contributed by atoms with E-state index in [0.717, 1.165) is 39.9 Å². The average molecular weight is 350 g/mol. The highest BCUT2D eigenvalue weighted by Gasteiger charge is 2.05. The molecule has 1 heterocycles. The first-order valence-electron chi connectivity index (χ1n) is 8.44. The average Bonchev–Trinajstić information content (AvgIpc) is 3.08. The van der Waals surface area contributed by atoms with E-state index >= 15 is 0 Å². The summed E-state index contributed by atoms with van der Waals surface area (Å²) < 4.78 is 10.5. The molecule has 0 spiro atoms. The van der Waals surface area contributed by atoms with Gasteiger partial charge in [-0.25, -0.2) is 0 Å². The van der Waals surface area contributed by atoms with Crippen LogP contribution in [0.25, 0.3) is 17.0 Å². The number of ether oxygens (including phenoxy) is 2. The van der Waals surface area contributed by atoms with Gasteiger partial charge in [0.1, 0.15) is 11.5 Å². The van der Waals surface area contributed by atoms with Gasteiger partial charge in [0, 0.05) is 41.4 Å². The standard InChI is InChI=1S/C21H22N2O3/c1-25-17-8-9-18-16(14-23-19(18)13-17)11-12-22-21(24)10-7-15-5-3-4-6-20(15)26-2/h3-10,13-14,23H,11-12H2,1-2H3,(H,22,24). The first kappa shape index (κ1) is 17.6. The number of fused-ring (bicyclic) bond motifs is 1. The van der Waals surface area contributed by atoms with Gasteiger partial charge in [-0.05, 0) is 36.3 Å². The molecule has 0 radical (unpaired) electrons. The van der Waals surface area contributed by atoms with Gasteiger partial charge in [-0.1, -0.05) is 18.2 Å². The first-order chi connectivity index (χ1) is 12.7. The van der Waals surface area contributed by atoms with Gasteiger partial charge in [0.2, 0.25) is 5.91 Å². The molecule has 0 saturated carbocycles. The lowest BCUT2D eigenvalue weighted by molar-refractivity contribution is -0.116. The molecule has 0 bridgehead atoms. The van der Waals surface area contributed by atoms with Crippen LogP contribution in [0.5, 0.6) is 11.5 Å². The first-order valence-corrected chi connectivity index (χ1v) is 8.44. The fourth-order valence-electron chi connectivity index (χ4n) is 2.85. The van der Waals surface area contributed by atoms with Crippen LogP contribution in [0.1, 0.15) is 11.1 Å². The van der Waals surface area contributed by atoms with Gasteiger partial charge in [-0.2, -0.15) is 0 Å². The van der Waals surface area contributed by atoms with Crippen molar-refractivity contribution in [1.29, 1.82) is 0 Å². The van der Waals surface area contributed by atoms with E-state index in [1.54, 1.807) is 20.3 Å². The minimum atomic E-state index is -0.127.